The SMILES string of the molecule is CCOc1ccc(C2=NN(C3CCN(S(=O)(=O)c4ccccc4C)CC3)C(=O)C3CCCCC23)cc1OCC. The lowest BCUT2D eigenvalue weighted by Gasteiger charge is -2.43. The van der Waals surface area contributed by atoms with E-state index in [0.717, 1.165) is 42.5 Å². The van der Waals surface area contributed by atoms with Crippen molar-refractivity contribution in [1.82, 2.24) is 9.31 Å². The highest BCUT2D eigenvalue weighted by Crippen LogP contribution is 2.40. The lowest BCUT2D eigenvalue weighted by Crippen LogP contribution is -2.53. The van der Waals surface area contributed by atoms with Crippen molar-refractivity contribution in [1.29, 1.82) is 0 Å². The number of hydrazone groups is 1. The van der Waals surface area contributed by atoms with Gasteiger partial charge in [-0.2, -0.15) is 9.41 Å². The number of rotatable bonds is 8. The van der Waals surface area contributed by atoms with Crippen molar-refractivity contribution in [2.24, 2.45) is 16.9 Å². The van der Waals surface area contributed by atoms with Crippen molar-refractivity contribution >= 4 is 21.6 Å². The second-order valence-corrected chi connectivity index (χ2v) is 12.5. The van der Waals surface area contributed by atoms with E-state index in [9.17, 15) is 13.2 Å². The zero-order valence-electron chi connectivity index (χ0n) is 23.1. The van der Waals surface area contributed by atoms with Crippen LogP contribution in [0.4, 0.5) is 0 Å². The Hall–Kier alpha value is -2.91. The first kappa shape index (κ1) is 27.6. The first-order chi connectivity index (χ1) is 18.8. The van der Waals surface area contributed by atoms with Crippen molar-refractivity contribution in [2.45, 2.75) is 70.2 Å². The lowest BCUT2D eigenvalue weighted by atomic mass is 9.73. The standard InChI is InChI=1S/C30H39N3O5S/c1-4-37-26-15-14-22(20-27(26)38-5-2)29-24-11-7-8-12-25(24)30(34)33(31-29)23-16-18-32(19-17-23)39(35,36)28-13-9-6-10-21(28)3/h6,9-10,13-15,20,23-25H,4-5,7-8,11-12,16-19H2,1-3H3. The molecule has 2 heterocycles. The number of piperidine rings is 1. The number of fused-ring (bicyclic) bond motifs is 1. The van der Waals surface area contributed by atoms with E-state index in [1.807, 2.05) is 51.1 Å². The molecule has 2 unspecified atom stereocenters. The molecule has 2 aromatic rings. The summed E-state index contributed by atoms with van der Waals surface area (Å²) in [6, 6.07) is 12.9. The van der Waals surface area contributed by atoms with E-state index < -0.39 is 10.0 Å². The minimum Gasteiger partial charge on any atom is -0.490 e. The largest absolute Gasteiger partial charge is 0.490 e. The Kier molecular flexibility index (Phi) is 8.28. The van der Waals surface area contributed by atoms with Crippen LogP contribution in [-0.2, 0) is 14.8 Å². The van der Waals surface area contributed by atoms with E-state index in [2.05, 4.69) is 0 Å². The lowest BCUT2D eigenvalue weighted by molar-refractivity contribution is -0.142. The zero-order chi connectivity index (χ0) is 27.6. The molecular formula is C30H39N3O5S. The fourth-order valence-corrected chi connectivity index (χ4v) is 7.91. The molecule has 2 fully saturated rings. The molecule has 39 heavy (non-hydrogen) atoms. The minimum absolute atomic E-state index is 0.0800. The van der Waals surface area contributed by atoms with Crippen LogP contribution in [0.1, 0.15) is 63.5 Å². The molecule has 1 aliphatic carbocycles. The summed E-state index contributed by atoms with van der Waals surface area (Å²) in [6.45, 7) is 7.51. The quantitative estimate of drug-likeness (QED) is 0.459. The van der Waals surface area contributed by atoms with Gasteiger partial charge in [-0.05, 0) is 76.3 Å². The van der Waals surface area contributed by atoms with Gasteiger partial charge in [0.1, 0.15) is 0 Å². The number of benzene rings is 2. The van der Waals surface area contributed by atoms with Crippen LogP contribution in [0, 0.1) is 18.8 Å². The van der Waals surface area contributed by atoms with Crippen LogP contribution in [0.5, 0.6) is 11.5 Å². The van der Waals surface area contributed by atoms with Crippen molar-refractivity contribution < 1.29 is 22.7 Å². The summed E-state index contributed by atoms with van der Waals surface area (Å²) in [5.74, 6) is 1.46. The molecule has 0 bridgehead atoms. The fraction of sp³-hybridized carbons (Fsp3) is 0.533. The number of hydrogen-bond acceptors (Lipinski definition) is 6. The van der Waals surface area contributed by atoms with E-state index in [0.29, 0.717) is 55.5 Å². The molecular weight excluding hydrogens is 514 g/mol. The second-order valence-electron chi connectivity index (χ2n) is 10.6. The average Bonchev–Trinajstić information content (AvgIpc) is 2.95. The van der Waals surface area contributed by atoms with Crippen LogP contribution >= 0.6 is 0 Å². The molecule has 9 heteroatoms. The third-order valence-corrected chi connectivity index (χ3v) is 10.3. The number of carbonyl (C=O) groups is 1. The summed E-state index contributed by atoms with van der Waals surface area (Å²) in [4.78, 5) is 14.1. The minimum atomic E-state index is -3.58. The molecule has 1 saturated heterocycles. The van der Waals surface area contributed by atoms with Gasteiger partial charge in [0.25, 0.3) is 0 Å². The van der Waals surface area contributed by atoms with Gasteiger partial charge in [0, 0.05) is 30.5 Å². The third-order valence-electron chi connectivity index (χ3n) is 8.20. The van der Waals surface area contributed by atoms with Crippen LogP contribution in [0.3, 0.4) is 0 Å². The van der Waals surface area contributed by atoms with Gasteiger partial charge < -0.3 is 9.47 Å². The van der Waals surface area contributed by atoms with E-state index in [1.165, 1.54) is 0 Å². The summed E-state index contributed by atoms with van der Waals surface area (Å²) in [7, 11) is -3.58. The van der Waals surface area contributed by atoms with Crippen LogP contribution in [0.25, 0.3) is 0 Å². The first-order valence-corrected chi connectivity index (χ1v) is 15.7. The number of nitrogens with zero attached hydrogens (tertiary/aromatic N) is 3. The molecule has 2 aromatic carbocycles. The van der Waals surface area contributed by atoms with Gasteiger partial charge in [-0.15, -0.1) is 0 Å². The Morgan fingerprint density at radius 1 is 0.897 bits per heavy atom. The van der Waals surface area contributed by atoms with Gasteiger partial charge >= 0.3 is 0 Å². The molecule has 0 spiro atoms. The maximum absolute atomic E-state index is 13.7. The van der Waals surface area contributed by atoms with Crippen molar-refractivity contribution in [3.63, 3.8) is 0 Å². The van der Waals surface area contributed by atoms with Crippen molar-refractivity contribution in [2.75, 3.05) is 26.3 Å². The molecule has 3 aliphatic rings. The predicted molar refractivity (Wildman–Crippen MR) is 151 cm³/mol. The van der Waals surface area contributed by atoms with E-state index in [-0.39, 0.29) is 23.8 Å². The maximum Gasteiger partial charge on any atom is 0.246 e. The highest BCUT2D eigenvalue weighted by molar-refractivity contribution is 7.89. The summed E-state index contributed by atoms with van der Waals surface area (Å²) < 4.78 is 39.9. The number of aryl methyl sites for hydroxylation is 1. The number of amides is 1. The number of sulfonamides is 1. The average molecular weight is 554 g/mol. The van der Waals surface area contributed by atoms with Gasteiger partial charge in [0.2, 0.25) is 15.9 Å². The topological polar surface area (TPSA) is 88.5 Å². The molecule has 210 valence electrons. The molecule has 1 amide bonds. The monoisotopic (exact) mass is 553 g/mol. The summed E-state index contributed by atoms with van der Waals surface area (Å²) >= 11 is 0. The molecule has 1 saturated carbocycles. The van der Waals surface area contributed by atoms with Crippen molar-refractivity contribution in [3.05, 3.63) is 53.6 Å². The highest BCUT2D eigenvalue weighted by Gasteiger charge is 2.44. The van der Waals surface area contributed by atoms with Crippen LogP contribution in [-0.4, -0.2) is 61.7 Å². The molecule has 5 rings (SSSR count). The van der Waals surface area contributed by atoms with Gasteiger partial charge in [0.15, 0.2) is 11.5 Å². The van der Waals surface area contributed by atoms with Crippen LogP contribution in [0.2, 0.25) is 0 Å². The van der Waals surface area contributed by atoms with Crippen molar-refractivity contribution in [3.8, 4) is 11.5 Å². The normalized spacial score (nSPS) is 22.8. The van der Waals surface area contributed by atoms with Gasteiger partial charge in [-0.25, -0.2) is 13.4 Å². The molecule has 0 radical (unpaired) electrons. The summed E-state index contributed by atoms with van der Waals surface area (Å²) in [5.41, 5.74) is 2.62. The Labute approximate surface area is 232 Å². The molecule has 0 aromatic heterocycles. The second kappa shape index (κ2) is 11.7. The Bertz CT molecular complexity index is 1330. The Morgan fingerprint density at radius 3 is 2.26 bits per heavy atom. The molecule has 2 atom stereocenters. The number of carbonyl (C=O) groups excluding carboxylic acids is 1. The Morgan fingerprint density at radius 2 is 1.56 bits per heavy atom. The third kappa shape index (κ3) is 5.43. The smallest absolute Gasteiger partial charge is 0.246 e. The first-order valence-electron chi connectivity index (χ1n) is 14.2. The van der Waals surface area contributed by atoms with E-state index >= 15 is 0 Å². The maximum atomic E-state index is 13.7. The Balaban J connectivity index is 1.42. The molecule has 0 N–H and O–H groups in total. The van der Waals surface area contributed by atoms with Gasteiger partial charge in [0.05, 0.1) is 29.9 Å². The van der Waals surface area contributed by atoms with E-state index in [1.54, 1.807) is 21.4 Å². The number of ether oxygens (including phenoxy) is 2. The molecule has 2 aliphatic heterocycles. The predicted octanol–water partition coefficient (Wildman–Crippen LogP) is 5.00. The van der Waals surface area contributed by atoms with Gasteiger partial charge in [-0.3, -0.25) is 4.79 Å². The van der Waals surface area contributed by atoms with Crippen LogP contribution in [0.15, 0.2) is 52.5 Å². The summed E-state index contributed by atoms with van der Waals surface area (Å²) in [6.07, 6.45) is 5.02. The van der Waals surface area contributed by atoms with Crippen LogP contribution < -0.4 is 9.47 Å². The zero-order valence-corrected chi connectivity index (χ0v) is 24.0. The highest BCUT2D eigenvalue weighted by atomic mass is 32.2. The van der Waals surface area contributed by atoms with E-state index in [4.69, 9.17) is 14.6 Å². The molecule has 8 nitrogen and oxygen atoms in total. The fourth-order valence-electron chi connectivity index (χ4n) is 6.22. The number of hydrogen-bond donors (Lipinski definition) is 0. The summed E-state index contributed by atoms with van der Waals surface area (Å²) in [5, 5.41) is 6.70. The van der Waals surface area contributed by atoms with Gasteiger partial charge in [-0.1, -0.05) is 31.0 Å².